The van der Waals surface area contributed by atoms with Crippen LogP contribution in [0.3, 0.4) is 0 Å². The predicted molar refractivity (Wildman–Crippen MR) is 68.1 cm³/mol. The Morgan fingerprint density at radius 2 is 2.00 bits per heavy atom. The number of hydrogen-bond acceptors (Lipinski definition) is 4. The van der Waals surface area contributed by atoms with E-state index in [2.05, 4.69) is 10.3 Å². The molecule has 1 N–H and O–H groups in total. The van der Waals surface area contributed by atoms with Crippen molar-refractivity contribution in [3.05, 3.63) is 47.0 Å². The minimum absolute atomic E-state index is 0.0177. The van der Waals surface area contributed by atoms with Gasteiger partial charge in [-0.2, -0.15) is 0 Å². The summed E-state index contributed by atoms with van der Waals surface area (Å²) in [5.74, 6) is -2.07. The zero-order chi connectivity index (χ0) is 15.0. The molecular formula is C13H11FN4O3. The summed E-state index contributed by atoms with van der Waals surface area (Å²) in [6, 6.07) is 5.81. The van der Waals surface area contributed by atoms with Gasteiger partial charge in [-0.05, 0) is 17.7 Å². The number of hydrogen-bond donors (Lipinski definition) is 1. The van der Waals surface area contributed by atoms with Crippen LogP contribution < -0.4 is 0 Å². The van der Waals surface area contributed by atoms with E-state index in [1.807, 2.05) is 0 Å². The Hall–Kier alpha value is -2.77. The summed E-state index contributed by atoms with van der Waals surface area (Å²) in [5, 5.41) is 16.2. The molecule has 0 aliphatic carbocycles. The number of rotatable bonds is 3. The molecule has 1 aliphatic rings. The number of fused-ring (bicyclic) bond motifs is 1. The van der Waals surface area contributed by atoms with Crippen LogP contribution in [0, 0.1) is 5.82 Å². The number of carbonyl (C=O) groups excluding carboxylic acids is 1. The highest BCUT2D eigenvalue weighted by molar-refractivity contribution is 6.02. The van der Waals surface area contributed by atoms with Gasteiger partial charge in [0.05, 0.1) is 6.54 Å². The monoisotopic (exact) mass is 290 g/mol. The van der Waals surface area contributed by atoms with Crippen LogP contribution in [0.5, 0.6) is 0 Å². The van der Waals surface area contributed by atoms with Crippen LogP contribution in [0.4, 0.5) is 4.39 Å². The first-order chi connectivity index (χ1) is 10.1. The maximum absolute atomic E-state index is 12.9. The molecule has 0 saturated heterocycles. The first kappa shape index (κ1) is 13.2. The van der Waals surface area contributed by atoms with Crippen LogP contribution in [0.25, 0.3) is 0 Å². The molecule has 2 aromatic rings. The number of carboxylic acids is 1. The van der Waals surface area contributed by atoms with Gasteiger partial charge >= 0.3 is 5.97 Å². The number of carboxylic acid groups (broad SMARTS) is 1. The van der Waals surface area contributed by atoms with Crippen LogP contribution in [0.1, 0.15) is 26.5 Å². The minimum atomic E-state index is -1.28. The lowest BCUT2D eigenvalue weighted by Gasteiger charge is -2.27. The molecule has 0 unspecified atom stereocenters. The third-order valence-electron chi connectivity index (χ3n) is 3.30. The Morgan fingerprint density at radius 3 is 2.67 bits per heavy atom. The molecule has 8 heteroatoms. The van der Waals surface area contributed by atoms with Crippen molar-refractivity contribution >= 4 is 11.9 Å². The van der Waals surface area contributed by atoms with E-state index in [4.69, 9.17) is 5.11 Å². The van der Waals surface area contributed by atoms with Crippen molar-refractivity contribution in [3.63, 3.8) is 0 Å². The van der Waals surface area contributed by atoms with E-state index in [1.165, 1.54) is 21.7 Å². The standard InChI is InChI=1S/C13H11FN4O3/c14-9-3-1-8(2-4-9)7-17-5-6-18-11(12(17)19)10(13(20)21)15-16-18/h1-4H,5-7H2,(H,20,21). The number of carbonyl (C=O) groups is 2. The van der Waals surface area contributed by atoms with Gasteiger partial charge in [0.15, 0.2) is 5.69 Å². The molecule has 0 atom stereocenters. The summed E-state index contributed by atoms with van der Waals surface area (Å²) >= 11 is 0. The lowest BCUT2D eigenvalue weighted by molar-refractivity contribution is 0.0641. The highest BCUT2D eigenvalue weighted by atomic mass is 19.1. The Morgan fingerprint density at radius 1 is 1.29 bits per heavy atom. The van der Waals surface area contributed by atoms with Gasteiger partial charge in [0.25, 0.3) is 5.91 Å². The molecule has 21 heavy (non-hydrogen) atoms. The van der Waals surface area contributed by atoms with Crippen molar-refractivity contribution < 1.29 is 19.1 Å². The molecule has 0 saturated carbocycles. The molecule has 1 aliphatic heterocycles. The summed E-state index contributed by atoms with van der Waals surface area (Å²) in [6.45, 7) is 1.05. The zero-order valence-corrected chi connectivity index (χ0v) is 10.9. The largest absolute Gasteiger partial charge is 0.476 e. The van der Waals surface area contributed by atoms with E-state index in [-0.39, 0.29) is 23.7 Å². The maximum Gasteiger partial charge on any atom is 0.358 e. The lowest BCUT2D eigenvalue weighted by Crippen LogP contribution is -2.40. The van der Waals surface area contributed by atoms with Crippen molar-refractivity contribution in [2.45, 2.75) is 13.1 Å². The Labute approximate surface area is 118 Å². The Kier molecular flexibility index (Phi) is 3.13. The average molecular weight is 290 g/mol. The predicted octanol–water partition coefficient (Wildman–Crippen LogP) is 0.771. The summed E-state index contributed by atoms with van der Waals surface area (Å²) in [5.41, 5.74) is 0.405. The molecule has 0 fully saturated rings. The number of amides is 1. The fourth-order valence-electron chi connectivity index (χ4n) is 2.25. The summed E-state index contributed by atoms with van der Waals surface area (Å²) < 4.78 is 14.2. The molecular weight excluding hydrogens is 279 g/mol. The van der Waals surface area contributed by atoms with Crippen molar-refractivity contribution in [2.75, 3.05) is 6.54 Å². The van der Waals surface area contributed by atoms with Crippen LogP contribution in [0.2, 0.25) is 0 Å². The molecule has 1 amide bonds. The maximum atomic E-state index is 12.9. The second-order valence-electron chi connectivity index (χ2n) is 4.67. The second-order valence-corrected chi connectivity index (χ2v) is 4.67. The number of benzene rings is 1. The van der Waals surface area contributed by atoms with Gasteiger partial charge in [-0.1, -0.05) is 17.3 Å². The topological polar surface area (TPSA) is 88.3 Å². The lowest BCUT2D eigenvalue weighted by atomic mass is 10.1. The molecule has 0 spiro atoms. The van der Waals surface area contributed by atoms with Gasteiger partial charge in [0, 0.05) is 13.1 Å². The molecule has 0 bridgehead atoms. The van der Waals surface area contributed by atoms with Gasteiger partial charge in [-0.3, -0.25) is 4.79 Å². The van der Waals surface area contributed by atoms with E-state index in [1.54, 1.807) is 12.1 Å². The van der Waals surface area contributed by atoms with Crippen molar-refractivity contribution in [3.8, 4) is 0 Å². The van der Waals surface area contributed by atoms with Gasteiger partial charge in [-0.15, -0.1) is 5.10 Å². The average Bonchev–Trinajstić information content (AvgIpc) is 2.89. The Bertz CT molecular complexity index is 711. The highest BCUT2D eigenvalue weighted by Gasteiger charge is 2.32. The van der Waals surface area contributed by atoms with Crippen LogP contribution in [-0.4, -0.2) is 43.4 Å². The smallest absolute Gasteiger partial charge is 0.358 e. The van der Waals surface area contributed by atoms with Gasteiger partial charge in [0.1, 0.15) is 5.82 Å². The molecule has 1 aromatic carbocycles. The van der Waals surface area contributed by atoms with E-state index < -0.39 is 11.9 Å². The number of halogens is 1. The first-order valence-corrected chi connectivity index (χ1v) is 6.27. The van der Waals surface area contributed by atoms with Crippen molar-refractivity contribution in [1.29, 1.82) is 0 Å². The SMILES string of the molecule is O=C(O)c1nnn2c1C(=O)N(Cc1ccc(F)cc1)CC2. The molecule has 3 rings (SSSR count). The molecule has 2 heterocycles. The minimum Gasteiger partial charge on any atom is -0.476 e. The molecule has 0 radical (unpaired) electrons. The quantitative estimate of drug-likeness (QED) is 0.902. The normalized spacial score (nSPS) is 14.1. The molecule has 1 aromatic heterocycles. The van der Waals surface area contributed by atoms with Gasteiger partial charge < -0.3 is 10.0 Å². The molecule has 108 valence electrons. The Balaban J connectivity index is 1.86. The third kappa shape index (κ3) is 2.35. The number of aromatic carboxylic acids is 1. The summed E-state index contributed by atoms with van der Waals surface area (Å²) in [6.07, 6.45) is 0. The first-order valence-electron chi connectivity index (χ1n) is 6.27. The van der Waals surface area contributed by atoms with Crippen LogP contribution >= 0.6 is 0 Å². The van der Waals surface area contributed by atoms with Crippen molar-refractivity contribution in [2.24, 2.45) is 0 Å². The van der Waals surface area contributed by atoms with Crippen LogP contribution in [-0.2, 0) is 13.1 Å². The van der Waals surface area contributed by atoms with E-state index in [0.29, 0.717) is 13.1 Å². The summed E-state index contributed by atoms with van der Waals surface area (Å²) in [4.78, 5) is 24.9. The zero-order valence-electron chi connectivity index (χ0n) is 10.9. The van der Waals surface area contributed by atoms with Gasteiger partial charge in [0.2, 0.25) is 5.69 Å². The molecule has 7 nitrogen and oxygen atoms in total. The number of nitrogens with zero attached hydrogens (tertiary/aromatic N) is 4. The third-order valence-corrected chi connectivity index (χ3v) is 3.30. The van der Waals surface area contributed by atoms with Crippen LogP contribution in [0.15, 0.2) is 24.3 Å². The fourth-order valence-corrected chi connectivity index (χ4v) is 2.25. The number of aromatic nitrogens is 3. The van der Waals surface area contributed by atoms with Crippen molar-refractivity contribution in [1.82, 2.24) is 19.9 Å². The second kappa shape index (κ2) is 4.97. The van der Waals surface area contributed by atoms with E-state index >= 15 is 0 Å². The highest BCUT2D eigenvalue weighted by Crippen LogP contribution is 2.17. The van der Waals surface area contributed by atoms with E-state index in [9.17, 15) is 14.0 Å². The van der Waals surface area contributed by atoms with E-state index in [0.717, 1.165) is 5.56 Å². The summed E-state index contributed by atoms with van der Waals surface area (Å²) in [7, 11) is 0. The fraction of sp³-hybridized carbons (Fsp3) is 0.231. The van der Waals surface area contributed by atoms with Gasteiger partial charge in [-0.25, -0.2) is 13.9 Å².